The molecule has 0 aromatic carbocycles. The molecule has 158 valence electrons. The SMILES string of the molecule is CC(=CC=C[C@@H](C)[C@H]1CC[C@H]2[C@@H]3CCC4CCCC[C@]4(C)[C@H]3CC[C@]12C)CO. The van der Waals surface area contributed by atoms with Gasteiger partial charge in [0.25, 0.3) is 0 Å². The Labute approximate surface area is 174 Å². The van der Waals surface area contributed by atoms with Gasteiger partial charge in [-0.05, 0) is 110 Å². The highest BCUT2D eigenvalue weighted by Crippen LogP contribution is 2.68. The van der Waals surface area contributed by atoms with Gasteiger partial charge in [-0.3, -0.25) is 0 Å². The third-order valence-electron chi connectivity index (χ3n) is 10.3. The van der Waals surface area contributed by atoms with Crippen molar-refractivity contribution in [1.29, 1.82) is 0 Å². The lowest BCUT2D eigenvalue weighted by molar-refractivity contribution is -0.112. The van der Waals surface area contributed by atoms with Gasteiger partial charge < -0.3 is 5.11 Å². The van der Waals surface area contributed by atoms with E-state index in [-0.39, 0.29) is 6.61 Å². The Hall–Kier alpha value is -0.560. The summed E-state index contributed by atoms with van der Waals surface area (Å²) in [5.74, 6) is 5.53. The number of aliphatic hydroxyl groups is 1. The van der Waals surface area contributed by atoms with Gasteiger partial charge in [0, 0.05) is 0 Å². The van der Waals surface area contributed by atoms with Crippen molar-refractivity contribution in [2.24, 2.45) is 46.3 Å². The summed E-state index contributed by atoms with van der Waals surface area (Å²) < 4.78 is 0. The van der Waals surface area contributed by atoms with E-state index in [2.05, 4.69) is 39.0 Å². The molecule has 4 rings (SSSR count). The number of allylic oxidation sites excluding steroid dienone is 3. The van der Waals surface area contributed by atoms with Crippen molar-refractivity contribution >= 4 is 0 Å². The van der Waals surface area contributed by atoms with Gasteiger partial charge in [-0.15, -0.1) is 0 Å². The fraction of sp³-hybridized carbons (Fsp3) is 0.852. The van der Waals surface area contributed by atoms with Gasteiger partial charge in [-0.1, -0.05) is 51.8 Å². The molecule has 0 heterocycles. The lowest BCUT2D eigenvalue weighted by Gasteiger charge is -2.60. The topological polar surface area (TPSA) is 20.2 Å². The van der Waals surface area contributed by atoms with E-state index in [1.54, 1.807) is 0 Å². The monoisotopic (exact) mass is 384 g/mol. The Bertz CT molecular complexity index is 618. The maximum absolute atomic E-state index is 9.22. The van der Waals surface area contributed by atoms with E-state index in [4.69, 9.17) is 0 Å². The first-order chi connectivity index (χ1) is 13.4. The second-order valence-electron chi connectivity index (χ2n) is 11.5. The third kappa shape index (κ3) is 3.34. The number of rotatable bonds is 4. The van der Waals surface area contributed by atoms with Gasteiger partial charge in [0.15, 0.2) is 0 Å². The first-order valence-electron chi connectivity index (χ1n) is 12.3. The van der Waals surface area contributed by atoms with Crippen molar-refractivity contribution in [1.82, 2.24) is 0 Å². The summed E-state index contributed by atoms with van der Waals surface area (Å²) in [5, 5.41) is 9.22. The summed E-state index contributed by atoms with van der Waals surface area (Å²) in [7, 11) is 0. The molecule has 1 N–H and O–H groups in total. The standard InChI is InChI=1S/C27H44O/c1-19(18-28)8-7-9-20(2)23-13-14-24-22-12-11-21-10-5-6-16-26(21,3)25(22)15-17-27(23,24)4/h7-9,20-25,28H,5-6,10-18H2,1-4H3/t20-,21?,22+,23-,24+,25+,26+,27-/m1/s1. The van der Waals surface area contributed by atoms with Crippen LogP contribution in [0.3, 0.4) is 0 Å². The van der Waals surface area contributed by atoms with Crippen LogP contribution >= 0.6 is 0 Å². The summed E-state index contributed by atoms with van der Waals surface area (Å²) in [5.41, 5.74) is 2.27. The molecule has 0 radical (unpaired) electrons. The molecule has 4 aliphatic carbocycles. The Morgan fingerprint density at radius 3 is 2.54 bits per heavy atom. The van der Waals surface area contributed by atoms with Crippen LogP contribution in [-0.2, 0) is 0 Å². The summed E-state index contributed by atoms with van der Waals surface area (Å²) in [6.45, 7) is 9.99. The molecule has 0 bridgehead atoms. The molecule has 8 atom stereocenters. The second-order valence-corrected chi connectivity index (χ2v) is 11.5. The number of hydrogen-bond donors (Lipinski definition) is 1. The molecule has 28 heavy (non-hydrogen) atoms. The van der Waals surface area contributed by atoms with Crippen LogP contribution in [0.15, 0.2) is 23.8 Å². The molecule has 4 saturated carbocycles. The molecular weight excluding hydrogens is 340 g/mol. The van der Waals surface area contributed by atoms with E-state index in [0.29, 0.717) is 16.7 Å². The van der Waals surface area contributed by atoms with Crippen LogP contribution in [0, 0.1) is 46.3 Å². The third-order valence-corrected chi connectivity index (χ3v) is 10.3. The highest BCUT2D eigenvalue weighted by Gasteiger charge is 2.59. The number of fused-ring (bicyclic) bond motifs is 5. The van der Waals surface area contributed by atoms with Gasteiger partial charge in [0.2, 0.25) is 0 Å². The average Bonchev–Trinajstić information content (AvgIpc) is 3.04. The number of aliphatic hydroxyl groups excluding tert-OH is 1. The molecular formula is C27H44O. The fourth-order valence-corrected chi connectivity index (χ4v) is 8.78. The Morgan fingerprint density at radius 2 is 1.75 bits per heavy atom. The van der Waals surface area contributed by atoms with E-state index in [0.717, 1.165) is 35.2 Å². The summed E-state index contributed by atoms with van der Waals surface area (Å²) in [6, 6.07) is 0. The van der Waals surface area contributed by atoms with Crippen molar-refractivity contribution in [3.63, 3.8) is 0 Å². The Balaban J connectivity index is 1.50. The maximum Gasteiger partial charge on any atom is 0.0642 e. The second kappa shape index (κ2) is 7.93. The zero-order valence-corrected chi connectivity index (χ0v) is 18.9. The van der Waals surface area contributed by atoms with Crippen LogP contribution < -0.4 is 0 Å². The molecule has 0 spiro atoms. The molecule has 4 aliphatic rings. The normalized spacial score (nSPS) is 47.5. The lowest BCUT2D eigenvalue weighted by Crippen LogP contribution is -2.53. The van der Waals surface area contributed by atoms with Gasteiger partial charge in [0.1, 0.15) is 0 Å². The Morgan fingerprint density at radius 1 is 0.964 bits per heavy atom. The first kappa shape index (κ1) is 20.7. The highest BCUT2D eigenvalue weighted by molar-refractivity contribution is 5.14. The molecule has 0 saturated heterocycles. The van der Waals surface area contributed by atoms with Crippen LogP contribution in [0.25, 0.3) is 0 Å². The van der Waals surface area contributed by atoms with Gasteiger partial charge in [-0.25, -0.2) is 0 Å². The predicted molar refractivity (Wildman–Crippen MR) is 119 cm³/mol. The zero-order valence-electron chi connectivity index (χ0n) is 18.9. The Kier molecular flexibility index (Phi) is 5.87. The van der Waals surface area contributed by atoms with Crippen LogP contribution in [0.5, 0.6) is 0 Å². The quantitative estimate of drug-likeness (QED) is 0.509. The van der Waals surface area contributed by atoms with Crippen molar-refractivity contribution in [2.75, 3.05) is 6.61 Å². The van der Waals surface area contributed by atoms with Gasteiger partial charge >= 0.3 is 0 Å². The van der Waals surface area contributed by atoms with Crippen molar-refractivity contribution < 1.29 is 5.11 Å². The van der Waals surface area contributed by atoms with E-state index >= 15 is 0 Å². The molecule has 4 fully saturated rings. The van der Waals surface area contributed by atoms with Crippen LogP contribution in [-0.4, -0.2) is 11.7 Å². The minimum absolute atomic E-state index is 0.171. The van der Waals surface area contributed by atoms with Crippen molar-refractivity contribution in [3.05, 3.63) is 23.8 Å². The highest BCUT2D eigenvalue weighted by atomic mass is 16.3. The molecule has 0 aromatic heterocycles. The van der Waals surface area contributed by atoms with E-state index in [1.807, 2.05) is 6.92 Å². The molecule has 0 aliphatic heterocycles. The van der Waals surface area contributed by atoms with Crippen LogP contribution in [0.2, 0.25) is 0 Å². The van der Waals surface area contributed by atoms with Crippen LogP contribution in [0.4, 0.5) is 0 Å². The summed E-state index contributed by atoms with van der Waals surface area (Å²) >= 11 is 0. The summed E-state index contributed by atoms with van der Waals surface area (Å²) in [4.78, 5) is 0. The van der Waals surface area contributed by atoms with Gasteiger partial charge in [-0.2, -0.15) is 0 Å². The van der Waals surface area contributed by atoms with E-state index in [9.17, 15) is 5.11 Å². The molecule has 1 unspecified atom stereocenters. The molecule has 1 heteroatoms. The minimum atomic E-state index is 0.171. The van der Waals surface area contributed by atoms with Gasteiger partial charge in [0.05, 0.1) is 6.61 Å². The summed E-state index contributed by atoms with van der Waals surface area (Å²) in [6.07, 6.45) is 21.7. The minimum Gasteiger partial charge on any atom is -0.392 e. The smallest absolute Gasteiger partial charge is 0.0642 e. The molecule has 0 amide bonds. The number of hydrogen-bond acceptors (Lipinski definition) is 1. The maximum atomic E-state index is 9.22. The lowest BCUT2D eigenvalue weighted by atomic mass is 9.44. The first-order valence-corrected chi connectivity index (χ1v) is 12.3. The van der Waals surface area contributed by atoms with Crippen molar-refractivity contribution in [2.45, 2.75) is 91.9 Å². The van der Waals surface area contributed by atoms with Crippen molar-refractivity contribution in [3.8, 4) is 0 Å². The zero-order chi connectivity index (χ0) is 19.9. The van der Waals surface area contributed by atoms with E-state index < -0.39 is 0 Å². The fourth-order valence-electron chi connectivity index (χ4n) is 8.78. The largest absolute Gasteiger partial charge is 0.392 e. The molecule has 0 aromatic rings. The predicted octanol–water partition coefficient (Wildman–Crippen LogP) is 7.17. The van der Waals surface area contributed by atoms with Crippen LogP contribution in [0.1, 0.15) is 91.9 Å². The molecule has 1 nitrogen and oxygen atoms in total. The average molecular weight is 385 g/mol. The van der Waals surface area contributed by atoms with E-state index in [1.165, 1.54) is 64.2 Å².